The summed E-state index contributed by atoms with van der Waals surface area (Å²) in [7, 11) is 0. The summed E-state index contributed by atoms with van der Waals surface area (Å²) >= 11 is 0. The molecule has 9 heteroatoms. The van der Waals surface area contributed by atoms with Crippen molar-refractivity contribution in [1.29, 1.82) is 0 Å². The summed E-state index contributed by atoms with van der Waals surface area (Å²) < 4.78 is 0. The molecule has 25 rings (SSSR count). The highest BCUT2D eigenvalue weighted by atomic mass is 15.1. The first-order chi connectivity index (χ1) is 65.4. The molecule has 3 heterocycles. The number of nitrogens with zero attached hydrogens (tertiary/aromatic N) is 9. The van der Waals surface area contributed by atoms with E-state index in [-0.39, 0.29) is 0 Å². The SMILES string of the molecule is c1ccc(-c2ccc(-c3nc(-c4ccc(-c5ccccc5)cc4)nc(-c4ccc5ccc6c7ccccc7ccc6c5c4)n3)cc2)cc1.c1ccc(-c2ccc(-c3nc(-c4ccccc4)nc(-c4ccc5ccc6c7ccccc7ccc6c5c4)n3)cc2)cc1.c1ccc(-c2cccc(-c3nc(-c4ccccc4)nc(-c4ccc5ccc6c7ccccc7ccc6c5c4)n3)c2)cc1. The first kappa shape index (κ1) is 78.9. The molecule has 132 heavy (non-hydrogen) atoms. The van der Waals surface area contributed by atoms with Crippen molar-refractivity contribution in [3.05, 3.63) is 479 Å². The quantitative estimate of drug-likeness (QED) is 0.104. The van der Waals surface area contributed by atoms with E-state index in [1.165, 1.54) is 114 Å². The van der Waals surface area contributed by atoms with Gasteiger partial charge in [-0.3, -0.25) is 0 Å². The van der Waals surface area contributed by atoms with Gasteiger partial charge >= 0.3 is 0 Å². The van der Waals surface area contributed by atoms with Gasteiger partial charge in [0.2, 0.25) is 0 Å². The van der Waals surface area contributed by atoms with E-state index in [0.29, 0.717) is 52.4 Å². The van der Waals surface area contributed by atoms with E-state index in [9.17, 15) is 0 Å². The molecule has 0 saturated heterocycles. The average molecular weight is 1680 g/mol. The lowest BCUT2D eigenvalue weighted by molar-refractivity contribution is 1.07. The Balaban J connectivity index is 0.000000113. The lowest BCUT2D eigenvalue weighted by Gasteiger charge is -2.11. The van der Waals surface area contributed by atoms with Crippen LogP contribution in [0.3, 0.4) is 0 Å². The molecule has 0 aliphatic heterocycles. The summed E-state index contributed by atoms with van der Waals surface area (Å²) in [6.45, 7) is 0. The molecule has 22 aromatic carbocycles. The summed E-state index contributed by atoms with van der Waals surface area (Å²) in [5.41, 5.74) is 17.9. The average Bonchev–Trinajstić information content (AvgIpc) is 0.760. The van der Waals surface area contributed by atoms with Crippen molar-refractivity contribution in [1.82, 2.24) is 44.9 Å². The molecule has 0 bridgehead atoms. The molecule has 0 spiro atoms. The minimum Gasteiger partial charge on any atom is -0.208 e. The van der Waals surface area contributed by atoms with Gasteiger partial charge in [-0.05, 0) is 166 Å². The molecule has 0 fully saturated rings. The van der Waals surface area contributed by atoms with Crippen LogP contribution in [0.2, 0.25) is 0 Å². The van der Waals surface area contributed by atoms with Crippen LogP contribution in [0.15, 0.2) is 479 Å². The smallest absolute Gasteiger partial charge is 0.164 e. The molecule has 0 atom stereocenters. The summed E-state index contributed by atoms with van der Waals surface area (Å²) in [5.74, 6) is 5.87. The second-order valence-corrected chi connectivity index (χ2v) is 33.1. The first-order valence-corrected chi connectivity index (χ1v) is 44.4. The Hall–Kier alpha value is -17.8. The largest absolute Gasteiger partial charge is 0.208 e. The normalized spacial score (nSPS) is 11.3. The second kappa shape index (κ2) is 34.9. The van der Waals surface area contributed by atoms with E-state index in [0.717, 1.165) is 77.9 Å². The van der Waals surface area contributed by atoms with Gasteiger partial charge in [-0.2, -0.15) is 0 Å². The number of fused-ring (bicyclic) bond motifs is 15. The summed E-state index contributed by atoms with van der Waals surface area (Å²) in [5, 5.41) is 22.0. The van der Waals surface area contributed by atoms with Gasteiger partial charge in [0.25, 0.3) is 0 Å². The maximum Gasteiger partial charge on any atom is 0.164 e. The Labute approximate surface area is 762 Å². The van der Waals surface area contributed by atoms with Crippen molar-refractivity contribution in [3.63, 3.8) is 0 Å². The Kier molecular flexibility index (Phi) is 20.8. The number of hydrogen-bond donors (Lipinski definition) is 0. The maximum atomic E-state index is 5.08. The molecule has 0 N–H and O–H groups in total. The third-order valence-electron chi connectivity index (χ3n) is 25.0. The topological polar surface area (TPSA) is 116 Å². The minimum atomic E-state index is 0.644. The molecular weight excluding hydrogens is 1600 g/mol. The maximum absolute atomic E-state index is 5.08. The monoisotopic (exact) mass is 1680 g/mol. The van der Waals surface area contributed by atoms with Crippen LogP contribution in [0.1, 0.15) is 0 Å². The van der Waals surface area contributed by atoms with E-state index in [1.54, 1.807) is 0 Å². The fourth-order valence-corrected chi connectivity index (χ4v) is 18.1. The van der Waals surface area contributed by atoms with Gasteiger partial charge in [0, 0.05) is 50.1 Å². The van der Waals surface area contributed by atoms with Crippen LogP contribution >= 0.6 is 0 Å². The minimum absolute atomic E-state index is 0.644. The standard InChI is InChI=1S/C45H29N3.2C39H25N3/c1-3-9-30(10-4-1)32-15-20-36(21-16-32)43-46-44(37-22-17-33(18-23-37)31-11-5-2-6-12-31)48-45(47-43)38-24-19-35-26-27-40-39-14-8-7-13-34(39)25-28-41(40)42(35)29-38;1-3-10-26(11-4-1)30-15-9-16-31(24-30)38-40-37(29-13-5-2-6-14-29)41-39(42-38)32-19-18-28-21-22-34-33-17-8-7-12-27(33)20-23-35(34)36(28)25-32;1-3-9-26(10-4-1)27-15-18-31(19-16-27)38-40-37(30-12-5-2-6-13-30)41-39(42-38)32-20-17-29-22-23-34-33-14-8-7-11-28(33)21-24-35(34)36(29)25-32/h1-29H;2*1-25H. The highest BCUT2D eigenvalue weighted by Crippen LogP contribution is 2.41. The number of hydrogen-bond acceptors (Lipinski definition) is 9. The van der Waals surface area contributed by atoms with Gasteiger partial charge in [-0.25, -0.2) is 44.9 Å². The van der Waals surface area contributed by atoms with Crippen LogP contribution in [0, 0.1) is 0 Å². The van der Waals surface area contributed by atoms with Crippen molar-refractivity contribution >= 4 is 97.0 Å². The van der Waals surface area contributed by atoms with Gasteiger partial charge in [0.05, 0.1) is 0 Å². The fourth-order valence-electron chi connectivity index (χ4n) is 18.1. The van der Waals surface area contributed by atoms with Crippen LogP contribution in [0.25, 0.3) is 244 Å². The third-order valence-corrected chi connectivity index (χ3v) is 25.0. The predicted octanol–water partition coefficient (Wildman–Crippen LogP) is 31.7. The molecular formula is C123H79N9. The molecule has 0 unspecified atom stereocenters. The molecule has 0 radical (unpaired) electrons. The number of rotatable bonds is 13. The Morgan fingerprint density at radius 1 is 0.0833 bits per heavy atom. The fraction of sp³-hybridized carbons (Fsp3) is 0. The lowest BCUT2D eigenvalue weighted by Crippen LogP contribution is -2.00. The Morgan fingerprint density at radius 2 is 0.242 bits per heavy atom. The molecule has 25 aromatic rings. The number of benzene rings is 22. The predicted molar refractivity (Wildman–Crippen MR) is 548 cm³/mol. The zero-order valence-electron chi connectivity index (χ0n) is 71.6. The molecule has 0 aliphatic rings. The molecule has 0 aliphatic carbocycles. The number of aromatic nitrogens is 9. The summed E-state index contributed by atoms with van der Waals surface area (Å²) in [6, 6.07) is 167. The van der Waals surface area contributed by atoms with Crippen molar-refractivity contribution in [2.24, 2.45) is 0 Å². The van der Waals surface area contributed by atoms with Crippen molar-refractivity contribution in [2.75, 3.05) is 0 Å². The second-order valence-electron chi connectivity index (χ2n) is 33.1. The van der Waals surface area contributed by atoms with Crippen LogP contribution in [0.5, 0.6) is 0 Å². The van der Waals surface area contributed by atoms with Crippen molar-refractivity contribution in [3.8, 4) is 147 Å². The highest BCUT2D eigenvalue weighted by Gasteiger charge is 2.21. The van der Waals surface area contributed by atoms with Gasteiger partial charge in [0.15, 0.2) is 52.4 Å². The zero-order valence-corrected chi connectivity index (χ0v) is 71.6. The van der Waals surface area contributed by atoms with Crippen LogP contribution in [-0.2, 0) is 0 Å². The van der Waals surface area contributed by atoms with Crippen molar-refractivity contribution in [2.45, 2.75) is 0 Å². The summed E-state index contributed by atoms with van der Waals surface area (Å²) in [6.07, 6.45) is 0. The molecule has 0 amide bonds. The lowest BCUT2D eigenvalue weighted by atomic mass is 9.96. The van der Waals surface area contributed by atoms with Gasteiger partial charge < -0.3 is 0 Å². The van der Waals surface area contributed by atoms with E-state index in [1.807, 2.05) is 84.9 Å². The third kappa shape index (κ3) is 15.8. The molecule has 9 nitrogen and oxygen atoms in total. The van der Waals surface area contributed by atoms with Gasteiger partial charge in [-0.1, -0.05) is 455 Å². The Bertz CT molecular complexity index is 8550. The van der Waals surface area contributed by atoms with E-state index in [2.05, 4.69) is 394 Å². The van der Waals surface area contributed by atoms with E-state index < -0.39 is 0 Å². The van der Waals surface area contributed by atoms with Gasteiger partial charge in [-0.15, -0.1) is 0 Å². The Morgan fingerprint density at radius 3 is 0.515 bits per heavy atom. The molecule has 3 aromatic heterocycles. The molecule has 616 valence electrons. The van der Waals surface area contributed by atoms with Crippen molar-refractivity contribution < 1.29 is 0 Å². The van der Waals surface area contributed by atoms with Gasteiger partial charge in [0.1, 0.15) is 0 Å². The van der Waals surface area contributed by atoms with E-state index in [4.69, 9.17) is 44.9 Å². The van der Waals surface area contributed by atoms with Crippen LogP contribution < -0.4 is 0 Å². The zero-order chi connectivity index (χ0) is 87.6. The highest BCUT2D eigenvalue weighted by molar-refractivity contribution is 6.20. The summed E-state index contributed by atoms with van der Waals surface area (Å²) in [4.78, 5) is 45.1. The molecule has 0 saturated carbocycles. The van der Waals surface area contributed by atoms with E-state index >= 15 is 0 Å². The van der Waals surface area contributed by atoms with Crippen LogP contribution in [-0.4, -0.2) is 44.9 Å². The van der Waals surface area contributed by atoms with Crippen LogP contribution in [0.4, 0.5) is 0 Å². The first-order valence-electron chi connectivity index (χ1n) is 44.4.